The number of nitro benzene ring substituents is 1. The summed E-state index contributed by atoms with van der Waals surface area (Å²) >= 11 is 0. The molecule has 28 heteroatoms. The Hall–Kier alpha value is -8.22. The number of anilines is 1. The van der Waals surface area contributed by atoms with Crippen LogP contribution in [0.5, 0.6) is 0 Å². The van der Waals surface area contributed by atoms with Gasteiger partial charge in [-0.05, 0) is 119 Å². The van der Waals surface area contributed by atoms with Crippen molar-refractivity contribution in [1.29, 1.82) is 0 Å². The number of carbonyl (C=O) groups is 4. The number of halogens is 4. The van der Waals surface area contributed by atoms with Crippen LogP contribution < -0.4 is 37.6 Å². The summed E-state index contributed by atoms with van der Waals surface area (Å²) in [7, 11) is -8.26. The predicted octanol–water partition coefficient (Wildman–Crippen LogP) is 7.53. The first-order valence-corrected chi connectivity index (χ1v) is 34.8. The van der Waals surface area contributed by atoms with E-state index in [9.17, 15) is 73.9 Å². The van der Waals surface area contributed by atoms with E-state index in [0.717, 1.165) is 76.1 Å². The van der Waals surface area contributed by atoms with Gasteiger partial charge in [0.2, 0.25) is 43.7 Å². The monoisotopic (exact) mass is 1400 g/mol. The van der Waals surface area contributed by atoms with Crippen molar-refractivity contribution in [2.24, 2.45) is 22.7 Å². The lowest BCUT2D eigenvalue weighted by atomic mass is 9.85. The second kappa shape index (κ2) is 36.6. The summed E-state index contributed by atoms with van der Waals surface area (Å²) in [6.07, 6.45) is -2.47. The topological polar surface area (TPSA) is 325 Å². The van der Waals surface area contributed by atoms with Crippen LogP contribution in [0, 0.1) is 56.0 Å². The highest BCUT2D eigenvalue weighted by Gasteiger charge is 2.39. The van der Waals surface area contributed by atoms with E-state index < -0.39 is 126 Å². The van der Waals surface area contributed by atoms with Gasteiger partial charge < -0.3 is 47.8 Å². The number of nitrogens with zero attached hydrogens (tertiary/aromatic N) is 3. The number of nitrogens with two attached hydrogens (primary N) is 1. The molecule has 0 radical (unpaired) electrons. The summed E-state index contributed by atoms with van der Waals surface area (Å²) in [6.45, 7) is 16.4. The molecule has 0 saturated heterocycles. The van der Waals surface area contributed by atoms with E-state index in [2.05, 4.69) is 31.9 Å². The molecule has 0 aliphatic rings. The molecule has 22 nitrogen and oxygen atoms in total. The van der Waals surface area contributed by atoms with Gasteiger partial charge in [-0.2, -0.15) is 8.61 Å². The lowest BCUT2D eigenvalue weighted by Gasteiger charge is -2.34. The highest BCUT2D eigenvalue weighted by Crippen LogP contribution is 2.26. The number of nitrogens with one attached hydrogen (secondary N) is 6. The Kier molecular flexibility index (Phi) is 30.0. The molecule has 6 aromatic carbocycles. The van der Waals surface area contributed by atoms with Crippen LogP contribution in [-0.4, -0.2) is 140 Å². The van der Waals surface area contributed by atoms with Gasteiger partial charge in [0.1, 0.15) is 35.4 Å². The molecule has 0 saturated carbocycles. The molecule has 534 valence electrons. The Morgan fingerprint density at radius 2 is 0.867 bits per heavy atom. The third-order valence-corrected chi connectivity index (χ3v) is 19.1. The second-order valence-electron chi connectivity index (χ2n) is 26.9. The van der Waals surface area contributed by atoms with Gasteiger partial charge in [0.15, 0.2) is 0 Å². The van der Waals surface area contributed by atoms with Crippen LogP contribution >= 0.6 is 0 Å². The van der Waals surface area contributed by atoms with Crippen LogP contribution in [0.4, 0.5) is 28.9 Å². The summed E-state index contributed by atoms with van der Waals surface area (Å²) < 4.78 is 112. The molecule has 6 rings (SSSR count). The van der Waals surface area contributed by atoms with Crippen molar-refractivity contribution >= 4 is 55.1 Å². The Morgan fingerprint density at radius 1 is 0.520 bits per heavy atom. The van der Waals surface area contributed by atoms with Crippen molar-refractivity contribution < 1.29 is 68.7 Å². The van der Waals surface area contributed by atoms with Crippen LogP contribution in [0.3, 0.4) is 0 Å². The van der Waals surface area contributed by atoms with Gasteiger partial charge in [0.05, 0.1) is 52.1 Å². The molecular weight excluding hydrogens is 1310 g/mol. The molecule has 0 fully saturated rings. The summed E-state index contributed by atoms with van der Waals surface area (Å²) in [5.41, 5.74) is 5.92. The highest BCUT2D eigenvalue weighted by molar-refractivity contribution is 7.89. The predicted molar refractivity (Wildman–Crippen MR) is 366 cm³/mol. The van der Waals surface area contributed by atoms with Crippen LogP contribution in [0.1, 0.15) is 91.5 Å². The van der Waals surface area contributed by atoms with Gasteiger partial charge in [-0.15, -0.1) is 0 Å². The van der Waals surface area contributed by atoms with Crippen LogP contribution in [0.15, 0.2) is 155 Å². The number of benzene rings is 6. The molecule has 6 aromatic rings. The Balaban J connectivity index is 0.000000354. The summed E-state index contributed by atoms with van der Waals surface area (Å²) in [5.74, 6) is -5.08. The van der Waals surface area contributed by atoms with Crippen LogP contribution in [-0.2, 0) is 65.2 Å². The molecule has 0 bridgehead atoms. The third-order valence-electron chi connectivity index (χ3n) is 15.4. The third kappa shape index (κ3) is 25.3. The van der Waals surface area contributed by atoms with E-state index in [4.69, 9.17) is 5.73 Å². The maximum atomic E-state index is 14.0. The lowest BCUT2D eigenvalue weighted by molar-refractivity contribution is -0.384. The van der Waals surface area contributed by atoms with Gasteiger partial charge in [0.25, 0.3) is 5.69 Å². The number of carbonyl (C=O) groups excluding carboxylic acids is 4. The fourth-order valence-corrected chi connectivity index (χ4v) is 13.5. The zero-order chi connectivity index (χ0) is 72.9. The van der Waals surface area contributed by atoms with Gasteiger partial charge in [0, 0.05) is 68.2 Å². The first-order valence-electron chi connectivity index (χ1n) is 31.9. The molecule has 98 heavy (non-hydrogen) atoms. The Bertz CT molecular complexity index is 3830. The standard InChI is InChI=1S/C35H45F2N5O7S.C35H47F2N5O5S/c1-23(2)21-41(50(48,49)28-14-12-27(13-15-28)42(46)47)22-31(43)30(17-24-9-7-6-8-10-24)39-34(45)33(35(3,4)5)40-32(44)20-38-19-25-18-26(36)11-16-29(25)37;1-23(2)21-42(48(46,47)28-14-12-27(38)13-15-28)22-31(43)30(17-24-9-7-6-8-10-24)40-34(45)33(35(3,4)5)41-32(44)20-39-19-25-18-26(36)11-16-29(25)37/h6-16,18,23,30-31,33,38,43H,17,19-22H2,1-5H3,(H,39,45)(H,40,44);6-16,18,23,30-31,33,39,43H,17,19-22,38H2,1-5H3,(H,40,45)(H,41,44)/t2*30?,31?,33-/m11/s1. The first-order chi connectivity index (χ1) is 45.8. The number of amides is 4. The van der Waals surface area contributed by atoms with Crippen molar-refractivity contribution in [1.82, 2.24) is 40.5 Å². The number of aliphatic hydroxyl groups excluding tert-OH is 2. The van der Waals surface area contributed by atoms with Crippen LogP contribution in [0.25, 0.3) is 0 Å². The molecular formula is C70H92F4N10O12S2. The van der Waals surface area contributed by atoms with Gasteiger partial charge in [-0.3, -0.25) is 29.3 Å². The number of sulfonamides is 2. The maximum absolute atomic E-state index is 14.0. The van der Waals surface area contributed by atoms with E-state index in [0.29, 0.717) is 5.69 Å². The Labute approximate surface area is 571 Å². The molecule has 4 amide bonds. The van der Waals surface area contributed by atoms with Gasteiger partial charge in [-0.1, -0.05) is 130 Å². The normalized spacial score (nSPS) is 14.0. The van der Waals surface area contributed by atoms with Crippen LogP contribution in [0.2, 0.25) is 0 Å². The summed E-state index contributed by atoms with van der Waals surface area (Å²) in [4.78, 5) is 63.8. The number of rotatable bonds is 33. The van der Waals surface area contributed by atoms with Crippen molar-refractivity contribution in [3.05, 3.63) is 201 Å². The molecule has 0 spiro atoms. The lowest BCUT2D eigenvalue weighted by Crippen LogP contribution is -2.59. The average molecular weight is 1410 g/mol. The largest absolute Gasteiger partial charge is 0.399 e. The fourth-order valence-electron chi connectivity index (χ4n) is 10.3. The maximum Gasteiger partial charge on any atom is 0.269 e. The minimum absolute atomic E-state index is 0.00950. The van der Waals surface area contributed by atoms with Crippen molar-refractivity contribution in [2.45, 2.75) is 141 Å². The molecule has 4 unspecified atom stereocenters. The van der Waals surface area contributed by atoms with Crippen molar-refractivity contribution in [3.63, 3.8) is 0 Å². The minimum Gasteiger partial charge on any atom is -0.399 e. The van der Waals surface area contributed by atoms with E-state index in [1.165, 1.54) is 28.6 Å². The van der Waals surface area contributed by atoms with E-state index >= 15 is 0 Å². The van der Waals surface area contributed by atoms with Crippen molar-refractivity contribution in [3.8, 4) is 0 Å². The minimum atomic E-state index is -4.23. The summed E-state index contributed by atoms with van der Waals surface area (Å²) in [6, 6.07) is 30.2. The number of aliphatic hydroxyl groups is 2. The van der Waals surface area contributed by atoms with Gasteiger partial charge >= 0.3 is 0 Å². The van der Waals surface area contributed by atoms with E-state index in [-0.39, 0.29) is 97.1 Å². The number of hydrogen-bond donors (Lipinski definition) is 9. The Morgan fingerprint density at radius 3 is 1.19 bits per heavy atom. The molecule has 0 aliphatic heterocycles. The second-order valence-corrected chi connectivity index (χ2v) is 30.8. The smallest absolute Gasteiger partial charge is 0.269 e. The van der Waals surface area contributed by atoms with E-state index in [1.54, 1.807) is 85.7 Å². The number of nitrogen functional groups attached to an aromatic ring is 1. The molecule has 6 atom stereocenters. The quantitative estimate of drug-likeness (QED) is 0.00832. The average Bonchev–Trinajstić information content (AvgIpc) is 0.814. The molecule has 10 N–H and O–H groups in total. The first kappa shape index (κ1) is 80.5. The van der Waals surface area contributed by atoms with Crippen molar-refractivity contribution in [2.75, 3.05) is 45.0 Å². The van der Waals surface area contributed by atoms with Gasteiger partial charge in [-0.25, -0.2) is 34.4 Å². The highest BCUT2D eigenvalue weighted by atomic mass is 32.2. The zero-order valence-corrected chi connectivity index (χ0v) is 58.4. The summed E-state index contributed by atoms with van der Waals surface area (Å²) in [5, 5.41) is 50.9. The SMILES string of the molecule is CC(C)CN(CC(O)C(Cc1ccccc1)NC(=O)[C@@H](NC(=O)CNCc1cc(F)ccc1F)C(C)(C)C)S(=O)(=O)c1ccc(N)cc1.CC(C)CN(CC(O)C(Cc1ccccc1)NC(=O)[C@@H](NC(=O)CNCc1cc(F)ccc1F)C(C)(C)C)S(=O)(=O)c1ccc([N+](=O)[O-])cc1. The number of nitro groups is 1. The molecule has 0 aromatic heterocycles. The molecule has 0 aliphatic carbocycles. The number of non-ortho nitro benzene ring substituents is 1. The van der Waals surface area contributed by atoms with E-state index in [1.807, 2.05) is 44.2 Å². The molecule has 0 heterocycles. The zero-order valence-electron chi connectivity index (χ0n) is 56.8. The number of hydrogen-bond acceptors (Lipinski definition) is 15. The fraction of sp³-hybridized carbons (Fsp3) is 0.429.